The van der Waals surface area contributed by atoms with E-state index in [-0.39, 0.29) is 34.8 Å². The molecule has 4 rings (SSSR count). The number of hydrogen-bond acceptors (Lipinski definition) is 4. The first kappa shape index (κ1) is 25.5. The lowest BCUT2D eigenvalue weighted by atomic mass is 9.90. The van der Waals surface area contributed by atoms with E-state index in [1.807, 2.05) is 0 Å². The Morgan fingerprint density at radius 1 is 1.17 bits per heavy atom. The van der Waals surface area contributed by atoms with E-state index in [1.165, 1.54) is 23.1 Å². The molecule has 1 atom stereocenters. The summed E-state index contributed by atoms with van der Waals surface area (Å²) in [5.41, 5.74) is 2.83. The van der Waals surface area contributed by atoms with E-state index in [4.69, 9.17) is 17.0 Å². The second-order valence-corrected chi connectivity index (χ2v) is 9.01. The summed E-state index contributed by atoms with van der Waals surface area (Å²) in [6.45, 7) is 1.91. The van der Waals surface area contributed by atoms with Crippen LogP contribution in [0.3, 0.4) is 0 Å². The molecule has 1 aromatic heterocycles. The number of likely N-dealkylation sites (tertiary alicyclic amines) is 1. The molecule has 10 heteroatoms. The van der Waals surface area contributed by atoms with Crippen LogP contribution in [0.25, 0.3) is 5.70 Å². The molecule has 0 saturated carbocycles. The van der Waals surface area contributed by atoms with Crippen molar-refractivity contribution in [2.75, 3.05) is 13.6 Å². The number of carbonyl (C=O) groups excluding carboxylic acids is 1. The molecule has 1 saturated heterocycles. The van der Waals surface area contributed by atoms with Gasteiger partial charge in [-0.25, -0.2) is 13.2 Å². The van der Waals surface area contributed by atoms with Gasteiger partial charge >= 0.3 is 0 Å². The number of benzene rings is 2. The van der Waals surface area contributed by atoms with Gasteiger partial charge in [-0.3, -0.25) is 9.89 Å². The minimum absolute atomic E-state index is 0.0342. The summed E-state index contributed by atoms with van der Waals surface area (Å²) in [7, 11) is 1.61. The summed E-state index contributed by atoms with van der Waals surface area (Å²) in [5.74, 6) is -2.51. The van der Waals surface area contributed by atoms with Crippen molar-refractivity contribution in [3.05, 3.63) is 93.0 Å². The van der Waals surface area contributed by atoms with Gasteiger partial charge in [0.15, 0.2) is 0 Å². The van der Waals surface area contributed by atoms with Gasteiger partial charge in [-0.2, -0.15) is 5.10 Å². The fourth-order valence-electron chi connectivity index (χ4n) is 4.50. The Labute approximate surface area is 211 Å². The molecule has 36 heavy (non-hydrogen) atoms. The average molecular weight is 516 g/mol. The van der Waals surface area contributed by atoms with E-state index in [0.717, 1.165) is 17.7 Å². The number of aromatic nitrogens is 2. The molecule has 1 fully saturated rings. The Balaban J connectivity index is 1.60. The zero-order valence-corrected chi connectivity index (χ0v) is 20.5. The van der Waals surface area contributed by atoms with Crippen LogP contribution in [-0.4, -0.2) is 46.4 Å². The number of amides is 1. The molecule has 0 radical (unpaired) electrons. The van der Waals surface area contributed by atoms with Gasteiger partial charge in [0, 0.05) is 42.7 Å². The lowest BCUT2D eigenvalue weighted by Crippen LogP contribution is -2.48. The molecule has 0 bridgehead atoms. The van der Waals surface area contributed by atoms with E-state index in [0.29, 0.717) is 29.7 Å². The van der Waals surface area contributed by atoms with Crippen LogP contribution in [0, 0.1) is 22.9 Å². The van der Waals surface area contributed by atoms with Crippen molar-refractivity contribution < 1.29 is 18.0 Å². The maximum absolute atomic E-state index is 14.5. The number of hydrogen-bond donors (Lipinski definition) is 3. The molecule has 3 N–H and O–H groups in total. The fraction of sp³-hybridized carbons (Fsp3) is 0.269. The zero-order chi connectivity index (χ0) is 26.0. The minimum Gasteiger partial charge on any atom is -0.387 e. The predicted molar refractivity (Wildman–Crippen MR) is 133 cm³/mol. The van der Waals surface area contributed by atoms with Crippen molar-refractivity contribution in [3.63, 3.8) is 0 Å². The van der Waals surface area contributed by atoms with Gasteiger partial charge in [0.1, 0.15) is 17.5 Å². The van der Waals surface area contributed by atoms with Gasteiger partial charge in [-0.1, -0.05) is 11.6 Å². The number of nitrogens with zero attached hydrogens (tertiary/aromatic N) is 2. The topological polar surface area (TPSA) is 84.9 Å². The molecule has 1 amide bonds. The van der Waals surface area contributed by atoms with Crippen LogP contribution in [0.1, 0.15) is 40.4 Å². The van der Waals surface area contributed by atoms with Gasteiger partial charge < -0.3 is 15.6 Å². The third-order valence-electron chi connectivity index (χ3n) is 6.36. The molecule has 3 aromatic rings. The van der Waals surface area contributed by atoms with E-state index in [9.17, 15) is 18.0 Å². The third-order valence-corrected chi connectivity index (χ3v) is 6.80. The molecule has 0 aliphatic carbocycles. The molecule has 2 aromatic carbocycles. The van der Waals surface area contributed by atoms with E-state index in [2.05, 4.69) is 15.5 Å². The molecule has 2 heterocycles. The van der Waals surface area contributed by atoms with Crippen LogP contribution >= 0.6 is 11.6 Å². The van der Waals surface area contributed by atoms with E-state index in [1.54, 1.807) is 26.4 Å². The summed E-state index contributed by atoms with van der Waals surface area (Å²) in [5, 5.41) is 18.5. The van der Waals surface area contributed by atoms with Crippen molar-refractivity contribution in [2.45, 2.75) is 32.2 Å². The Morgan fingerprint density at radius 2 is 1.86 bits per heavy atom. The van der Waals surface area contributed by atoms with Gasteiger partial charge in [0.05, 0.1) is 28.5 Å². The van der Waals surface area contributed by atoms with E-state index < -0.39 is 29.4 Å². The van der Waals surface area contributed by atoms with Crippen LogP contribution in [0.5, 0.6) is 0 Å². The van der Waals surface area contributed by atoms with Crippen molar-refractivity contribution >= 4 is 28.9 Å². The van der Waals surface area contributed by atoms with Gasteiger partial charge in [-0.05, 0) is 61.6 Å². The molecule has 0 unspecified atom stereocenters. The summed E-state index contributed by atoms with van der Waals surface area (Å²) in [4.78, 5) is 14.9. The first-order valence-electron chi connectivity index (χ1n) is 11.4. The van der Waals surface area contributed by atoms with Gasteiger partial charge in [-0.15, -0.1) is 0 Å². The summed E-state index contributed by atoms with van der Waals surface area (Å²) < 4.78 is 42.1. The number of aromatic amines is 1. The zero-order valence-electron chi connectivity index (χ0n) is 19.8. The molecule has 1 aliphatic heterocycles. The van der Waals surface area contributed by atoms with Crippen LogP contribution in [0.4, 0.5) is 13.2 Å². The van der Waals surface area contributed by atoms with Crippen LogP contribution in [0.15, 0.2) is 48.3 Å². The maximum Gasteiger partial charge on any atom is 0.256 e. The first-order valence-corrected chi connectivity index (χ1v) is 11.8. The van der Waals surface area contributed by atoms with Crippen LogP contribution in [-0.2, 0) is 12.8 Å². The van der Waals surface area contributed by atoms with Crippen LogP contribution in [0.2, 0.25) is 5.02 Å². The number of aryl methyl sites for hydroxylation is 2. The standard InChI is InChI=1S/C26H25ClF3N5O/c1-14-24(31)21(25(32-2)17-8-18(28)10-19(29)9-17)5-6-35(14)26(36)22-11-20(30)7-16(23(22)27)4-3-15-12-33-34-13-15/h7-14,31-32H,3-6H2,1-2H3,(H,33,34)/b25-21-,31-24?/t14-/m1/s1. The number of nitrogens with one attached hydrogen (secondary N) is 3. The quantitative estimate of drug-likeness (QED) is 0.424. The SMILES string of the molecule is CN/C(=C1/CCN(C(=O)c2cc(F)cc(CCc3cn[nH]c3)c2Cl)[C@H](C)C1=N)c1cc(F)cc(F)c1. The van der Waals surface area contributed by atoms with Gasteiger partial charge in [0.2, 0.25) is 0 Å². The highest BCUT2D eigenvalue weighted by Gasteiger charge is 2.33. The number of piperidine rings is 1. The van der Waals surface area contributed by atoms with Crippen molar-refractivity contribution in [1.82, 2.24) is 20.4 Å². The normalized spacial score (nSPS) is 17.3. The fourth-order valence-corrected chi connectivity index (χ4v) is 4.79. The van der Waals surface area contributed by atoms with Crippen molar-refractivity contribution in [1.29, 1.82) is 5.41 Å². The highest BCUT2D eigenvalue weighted by Crippen LogP contribution is 2.31. The first-order chi connectivity index (χ1) is 17.2. The molecule has 188 valence electrons. The number of carbonyl (C=O) groups is 1. The largest absolute Gasteiger partial charge is 0.387 e. The molecule has 1 aliphatic rings. The molecule has 6 nitrogen and oxygen atoms in total. The smallest absolute Gasteiger partial charge is 0.256 e. The Kier molecular flexibility index (Phi) is 7.49. The molecule has 0 spiro atoms. The second-order valence-electron chi connectivity index (χ2n) is 8.63. The van der Waals surface area contributed by atoms with Gasteiger partial charge in [0.25, 0.3) is 5.91 Å². The van der Waals surface area contributed by atoms with Crippen LogP contribution < -0.4 is 5.32 Å². The third kappa shape index (κ3) is 5.16. The average Bonchev–Trinajstić information content (AvgIpc) is 3.35. The Hall–Kier alpha value is -3.59. The number of rotatable bonds is 6. The Bertz CT molecular complexity index is 1320. The monoisotopic (exact) mass is 515 g/mol. The Morgan fingerprint density at radius 3 is 2.50 bits per heavy atom. The summed E-state index contributed by atoms with van der Waals surface area (Å²) in [6, 6.07) is 4.92. The number of halogens is 4. The van der Waals surface area contributed by atoms with Crippen molar-refractivity contribution in [2.24, 2.45) is 0 Å². The maximum atomic E-state index is 14.5. The lowest BCUT2D eigenvalue weighted by Gasteiger charge is -2.36. The molecular weight excluding hydrogens is 491 g/mol. The number of H-pyrrole nitrogens is 1. The highest BCUT2D eigenvalue weighted by atomic mass is 35.5. The predicted octanol–water partition coefficient (Wildman–Crippen LogP) is 5.15. The van der Waals surface area contributed by atoms with Crippen molar-refractivity contribution in [3.8, 4) is 0 Å². The highest BCUT2D eigenvalue weighted by molar-refractivity contribution is 6.34. The minimum atomic E-state index is -0.727. The summed E-state index contributed by atoms with van der Waals surface area (Å²) >= 11 is 6.55. The second kappa shape index (κ2) is 10.6. The lowest BCUT2D eigenvalue weighted by molar-refractivity contribution is 0.0728. The molecular formula is C26H25ClF3N5O. The van der Waals surface area contributed by atoms with E-state index >= 15 is 0 Å². The summed E-state index contributed by atoms with van der Waals surface area (Å²) in [6.07, 6.45) is 4.67.